The Balaban J connectivity index is 1.30. The number of carbonyl (C=O) groups excluding carboxylic acids is 2. The molecule has 208 valence electrons. The number of esters is 1. The molecular formula is C32H34N2O6. The third kappa shape index (κ3) is 5.81. The number of methoxy groups -OCH3 is 2. The van der Waals surface area contributed by atoms with Gasteiger partial charge in [0, 0.05) is 30.8 Å². The Bertz CT molecular complexity index is 1430. The van der Waals surface area contributed by atoms with E-state index in [1.807, 2.05) is 41.4 Å². The molecule has 2 heterocycles. The molecule has 0 aromatic heterocycles. The summed E-state index contributed by atoms with van der Waals surface area (Å²) >= 11 is 0. The predicted octanol–water partition coefficient (Wildman–Crippen LogP) is 5.85. The molecule has 0 saturated carbocycles. The fourth-order valence-corrected chi connectivity index (χ4v) is 5.11. The standard InChI is InChI=1S/C32H34N2O6/c1-4-21-13-22(15-25(14-21)39-12-8-7-11-31(35)38-3)20-40-30-18-27-26(17-29(30)37-2)32(36)34-24(19-33-27)16-23-9-5-6-10-28(23)34/h5-6,9-10,13-15,17-19,24H,4,7-8,11-12,16,20H2,1-3H3/t24-/m0/s1. The average molecular weight is 543 g/mol. The Morgan fingerprint density at radius 2 is 1.82 bits per heavy atom. The Morgan fingerprint density at radius 1 is 1.00 bits per heavy atom. The Labute approximate surface area is 234 Å². The van der Waals surface area contributed by atoms with Crippen molar-refractivity contribution in [1.82, 2.24) is 0 Å². The number of nitrogens with zero attached hydrogens (tertiary/aromatic N) is 2. The van der Waals surface area contributed by atoms with Gasteiger partial charge in [0.2, 0.25) is 0 Å². The van der Waals surface area contributed by atoms with E-state index >= 15 is 0 Å². The van der Waals surface area contributed by atoms with Crippen molar-refractivity contribution in [2.75, 3.05) is 25.7 Å². The van der Waals surface area contributed by atoms with Gasteiger partial charge in [-0.05, 0) is 60.2 Å². The maximum Gasteiger partial charge on any atom is 0.305 e. The van der Waals surface area contributed by atoms with Crippen molar-refractivity contribution < 1.29 is 28.5 Å². The van der Waals surface area contributed by atoms with Gasteiger partial charge >= 0.3 is 5.97 Å². The highest BCUT2D eigenvalue weighted by Crippen LogP contribution is 2.41. The fourth-order valence-electron chi connectivity index (χ4n) is 5.11. The summed E-state index contributed by atoms with van der Waals surface area (Å²) in [5.74, 6) is 1.45. The highest BCUT2D eigenvalue weighted by molar-refractivity contribution is 6.14. The largest absolute Gasteiger partial charge is 0.494 e. The summed E-state index contributed by atoms with van der Waals surface area (Å²) in [7, 11) is 2.96. The predicted molar refractivity (Wildman–Crippen MR) is 153 cm³/mol. The fraction of sp³-hybridized carbons (Fsp3) is 0.344. The Hall–Kier alpha value is -4.33. The van der Waals surface area contributed by atoms with Gasteiger partial charge in [0.15, 0.2) is 11.5 Å². The van der Waals surface area contributed by atoms with Crippen molar-refractivity contribution in [2.24, 2.45) is 4.99 Å². The number of aliphatic imine (C=N–C) groups is 1. The quantitative estimate of drug-likeness (QED) is 0.223. The maximum atomic E-state index is 13.6. The average Bonchev–Trinajstić information content (AvgIpc) is 3.30. The van der Waals surface area contributed by atoms with Gasteiger partial charge in [0.1, 0.15) is 12.4 Å². The third-order valence-corrected chi connectivity index (χ3v) is 7.23. The van der Waals surface area contributed by atoms with E-state index < -0.39 is 0 Å². The van der Waals surface area contributed by atoms with Crippen molar-refractivity contribution in [2.45, 2.75) is 51.7 Å². The van der Waals surface area contributed by atoms with Crippen LogP contribution in [0.3, 0.4) is 0 Å². The molecule has 0 radical (unpaired) electrons. The molecule has 5 rings (SSSR count). The van der Waals surface area contributed by atoms with E-state index in [1.165, 1.54) is 7.11 Å². The molecule has 8 nitrogen and oxygen atoms in total. The number of aryl methyl sites for hydroxylation is 1. The SMILES string of the molecule is CCc1cc(COc2cc3c(cc2OC)C(=O)N2c4ccccc4C[C@H]2C=N3)cc(OCCCCC(=O)OC)c1. The lowest BCUT2D eigenvalue weighted by atomic mass is 10.1. The van der Waals surface area contributed by atoms with Crippen LogP contribution in [0.4, 0.5) is 11.4 Å². The second kappa shape index (κ2) is 12.2. The highest BCUT2D eigenvalue weighted by atomic mass is 16.5. The van der Waals surface area contributed by atoms with Gasteiger partial charge in [0.25, 0.3) is 5.91 Å². The van der Waals surface area contributed by atoms with Crippen molar-refractivity contribution >= 4 is 29.5 Å². The van der Waals surface area contributed by atoms with Crippen molar-refractivity contribution in [3.8, 4) is 17.2 Å². The second-order valence-corrected chi connectivity index (χ2v) is 9.88. The molecule has 2 aliphatic rings. The number of para-hydroxylation sites is 1. The second-order valence-electron chi connectivity index (χ2n) is 9.88. The van der Waals surface area contributed by atoms with Gasteiger partial charge < -0.3 is 18.9 Å². The number of ether oxygens (including phenoxy) is 4. The van der Waals surface area contributed by atoms with Crippen LogP contribution in [-0.2, 0) is 29.0 Å². The topological polar surface area (TPSA) is 86.7 Å². The number of amides is 1. The Morgan fingerprint density at radius 3 is 2.62 bits per heavy atom. The van der Waals surface area contributed by atoms with Crippen molar-refractivity contribution in [3.05, 3.63) is 76.9 Å². The van der Waals surface area contributed by atoms with Crippen LogP contribution in [0.2, 0.25) is 0 Å². The number of hydrogen-bond donors (Lipinski definition) is 0. The molecule has 0 unspecified atom stereocenters. The lowest BCUT2D eigenvalue weighted by Crippen LogP contribution is -2.37. The first-order chi connectivity index (χ1) is 19.5. The summed E-state index contributed by atoms with van der Waals surface area (Å²) < 4.78 is 22.5. The van der Waals surface area contributed by atoms with Crippen LogP contribution < -0.4 is 19.1 Å². The molecule has 3 aromatic rings. The number of carbonyl (C=O) groups is 2. The molecule has 0 saturated heterocycles. The Kier molecular flexibility index (Phi) is 8.34. The number of hydrogen-bond acceptors (Lipinski definition) is 7. The minimum absolute atomic E-state index is 0.101. The minimum atomic E-state index is -0.207. The molecule has 0 aliphatic carbocycles. The van der Waals surface area contributed by atoms with E-state index in [4.69, 9.17) is 14.2 Å². The van der Waals surface area contributed by atoms with E-state index in [2.05, 4.69) is 28.8 Å². The zero-order chi connectivity index (χ0) is 28.1. The van der Waals surface area contributed by atoms with Crippen LogP contribution in [-0.4, -0.2) is 45.0 Å². The van der Waals surface area contributed by atoms with Gasteiger partial charge in [0.05, 0.1) is 38.1 Å². The normalized spacial score (nSPS) is 15.1. The van der Waals surface area contributed by atoms with E-state index in [9.17, 15) is 9.59 Å². The summed E-state index contributed by atoms with van der Waals surface area (Å²) in [6.07, 6.45) is 5.30. The number of fused-ring (bicyclic) bond motifs is 4. The monoisotopic (exact) mass is 542 g/mol. The molecular weight excluding hydrogens is 508 g/mol. The zero-order valence-corrected chi connectivity index (χ0v) is 23.1. The molecule has 0 fully saturated rings. The van der Waals surface area contributed by atoms with Crippen LogP contribution in [0.5, 0.6) is 17.2 Å². The summed E-state index contributed by atoms with van der Waals surface area (Å²) in [6, 6.07) is 17.4. The van der Waals surface area contributed by atoms with Crippen LogP contribution >= 0.6 is 0 Å². The summed E-state index contributed by atoms with van der Waals surface area (Å²) in [5, 5.41) is 0. The summed E-state index contributed by atoms with van der Waals surface area (Å²) in [6.45, 7) is 2.90. The summed E-state index contributed by atoms with van der Waals surface area (Å²) in [4.78, 5) is 31.4. The third-order valence-electron chi connectivity index (χ3n) is 7.23. The summed E-state index contributed by atoms with van der Waals surface area (Å²) in [5.41, 5.74) is 5.20. The molecule has 0 N–H and O–H groups in total. The van der Waals surface area contributed by atoms with Crippen LogP contribution in [0.15, 0.2) is 59.6 Å². The van der Waals surface area contributed by atoms with Gasteiger partial charge in [-0.1, -0.05) is 31.2 Å². The molecule has 40 heavy (non-hydrogen) atoms. The van der Waals surface area contributed by atoms with Gasteiger partial charge in [-0.2, -0.15) is 0 Å². The van der Waals surface area contributed by atoms with Gasteiger partial charge in [-0.25, -0.2) is 0 Å². The molecule has 0 spiro atoms. The van der Waals surface area contributed by atoms with E-state index in [0.717, 1.165) is 47.4 Å². The maximum absolute atomic E-state index is 13.6. The first-order valence-electron chi connectivity index (χ1n) is 13.6. The van der Waals surface area contributed by atoms with Crippen molar-refractivity contribution in [1.29, 1.82) is 0 Å². The molecule has 2 aliphatic heterocycles. The molecule has 3 aromatic carbocycles. The van der Waals surface area contributed by atoms with Crippen LogP contribution in [0.25, 0.3) is 0 Å². The molecule has 1 atom stereocenters. The van der Waals surface area contributed by atoms with Crippen LogP contribution in [0.1, 0.15) is 53.2 Å². The first kappa shape index (κ1) is 27.2. The lowest BCUT2D eigenvalue weighted by Gasteiger charge is -2.22. The van der Waals surface area contributed by atoms with Gasteiger partial charge in [-0.3, -0.25) is 19.5 Å². The number of rotatable bonds is 11. The minimum Gasteiger partial charge on any atom is -0.494 e. The van der Waals surface area contributed by atoms with E-state index in [0.29, 0.717) is 48.8 Å². The number of benzene rings is 3. The zero-order valence-electron chi connectivity index (χ0n) is 23.1. The van der Waals surface area contributed by atoms with Crippen LogP contribution in [0, 0.1) is 0 Å². The highest BCUT2D eigenvalue weighted by Gasteiger charge is 2.36. The number of anilines is 1. The molecule has 8 heteroatoms. The van der Waals surface area contributed by atoms with Crippen molar-refractivity contribution in [3.63, 3.8) is 0 Å². The molecule has 0 bridgehead atoms. The number of unbranched alkanes of at least 4 members (excludes halogenated alkanes) is 1. The van der Waals surface area contributed by atoms with Gasteiger partial charge in [-0.15, -0.1) is 0 Å². The smallest absolute Gasteiger partial charge is 0.305 e. The van der Waals surface area contributed by atoms with E-state index in [-0.39, 0.29) is 17.9 Å². The first-order valence-corrected chi connectivity index (χ1v) is 13.6. The lowest BCUT2D eigenvalue weighted by molar-refractivity contribution is -0.140. The molecule has 1 amide bonds. The van der Waals surface area contributed by atoms with E-state index in [1.54, 1.807) is 19.2 Å².